The van der Waals surface area contributed by atoms with Gasteiger partial charge in [0.15, 0.2) is 5.69 Å². The van der Waals surface area contributed by atoms with E-state index < -0.39 is 12.1 Å². The number of aliphatic carboxylic acids is 1. The van der Waals surface area contributed by atoms with Gasteiger partial charge in [-0.15, -0.1) is 0 Å². The van der Waals surface area contributed by atoms with Gasteiger partial charge in [0.1, 0.15) is 18.4 Å². The molecule has 10 nitrogen and oxygen atoms in total. The number of likely N-dealkylation sites (tertiary alicyclic amines) is 1. The van der Waals surface area contributed by atoms with Crippen molar-refractivity contribution in [3.63, 3.8) is 0 Å². The predicted molar refractivity (Wildman–Crippen MR) is 139 cm³/mol. The van der Waals surface area contributed by atoms with Crippen LogP contribution in [0.3, 0.4) is 0 Å². The minimum absolute atomic E-state index is 0.0223. The number of hydrogen-bond donors (Lipinski definition) is 1. The minimum Gasteiger partial charge on any atom is -0.475 e. The molecular formula is C27H33F3N6O4. The summed E-state index contributed by atoms with van der Waals surface area (Å²) in [6, 6.07) is 10.6. The Morgan fingerprint density at radius 2 is 1.75 bits per heavy atom. The fourth-order valence-corrected chi connectivity index (χ4v) is 5.33. The quantitative estimate of drug-likeness (QED) is 0.474. The summed E-state index contributed by atoms with van der Waals surface area (Å²) in [5.41, 5.74) is 2.82. The highest BCUT2D eigenvalue weighted by Crippen LogP contribution is 2.40. The number of rotatable bonds is 5. The molecule has 0 aliphatic carbocycles. The minimum atomic E-state index is -5.08. The van der Waals surface area contributed by atoms with E-state index in [-0.39, 0.29) is 17.4 Å². The van der Waals surface area contributed by atoms with Crippen molar-refractivity contribution in [1.82, 2.24) is 24.8 Å². The zero-order valence-corrected chi connectivity index (χ0v) is 22.5. The van der Waals surface area contributed by atoms with Gasteiger partial charge in [0.25, 0.3) is 5.91 Å². The zero-order chi connectivity index (χ0) is 28.9. The number of carbonyl (C=O) groups is 2. The molecule has 0 bridgehead atoms. The van der Waals surface area contributed by atoms with Crippen LogP contribution in [-0.2, 0) is 11.3 Å². The number of alkyl halides is 3. The van der Waals surface area contributed by atoms with Gasteiger partial charge in [-0.05, 0) is 49.8 Å². The van der Waals surface area contributed by atoms with Gasteiger partial charge >= 0.3 is 12.1 Å². The molecule has 40 heavy (non-hydrogen) atoms. The molecule has 1 atom stereocenters. The summed E-state index contributed by atoms with van der Waals surface area (Å²) in [6.07, 6.45) is 3.42. The summed E-state index contributed by atoms with van der Waals surface area (Å²) in [5, 5.41) is 15.4. The highest BCUT2D eigenvalue weighted by Gasteiger charge is 2.45. The number of carbonyl (C=O) groups excluding carboxylic acids is 1. The molecule has 2 aromatic heterocycles. The van der Waals surface area contributed by atoms with Gasteiger partial charge in [0, 0.05) is 42.8 Å². The van der Waals surface area contributed by atoms with E-state index >= 15 is 0 Å². The molecule has 1 aromatic carbocycles. The molecule has 1 spiro atoms. The molecule has 4 heterocycles. The number of halogens is 3. The van der Waals surface area contributed by atoms with Gasteiger partial charge in [0.05, 0.1) is 6.54 Å². The van der Waals surface area contributed by atoms with E-state index in [1.807, 2.05) is 24.6 Å². The van der Waals surface area contributed by atoms with Crippen molar-refractivity contribution >= 4 is 17.6 Å². The lowest BCUT2D eigenvalue weighted by Crippen LogP contribution is -2.48. The first-order valence-corrected chi connectivity index (χ1v) is 13.2. The van der Waals surface area contributed by atoms with E-state index in [1.165, 1.54) is 11.3 Å². The first-order valence-electron chi connectivity index (χ1n) is 13.2. The molecular weight excluding hydrogens is 529 g/mol. The second kappa shape index (κ2) is 12.1. The maximum atomic E-state index is 13.4. The summed E-state index contributed by atoms with van der Waals surface area (Å²) in [5.74, 6) is -1.74. The highest BCUT2D eigenvalue weighted by atomic mass is 19.4. The highest BCUT2D eigenvalue weighted by molar-refractivity contribution is 5.93. The molecule has 216 valence electrons. The Kier molecular flexibility index (Phi) is 8.79. The van der Waals surface area contributed by atoms with Crippen LogP contribution in [0.15, 0.2) is 47.5 Å². The Labute approximate surface area is 229 Å². The Morgan fingerprint density at radius 1 is 1.07 bits per heavy atom. The van der Waals surface area contributed by atoms with Crippen molar-refractivity contribution < 1.29 is 32.4 Å². The van der Waals surface area contributed by atoms with Crippen LogP contribution < -0.4 is 4.90 Å². The molecule has 13 heteroatoms. The largest absolute Gasteiger partial charge is 0.490 e. The van der Waals surface area contributed by atoms with Crippen LogP contribution in [0.1, 0.15) is 73.7 Å². The molecule has 1 N–H and O–H groups in total. The number of benzene rings is 1. The third kappa shape index (κ3) is 6.80. The molecule has 2 aliphatic rings. The van der Waals surface area contributed by atoms with Crippen LogP contribution in [0, 0.1) is 0 Å². The number of hydrogen-bond acceptors (Lipinski definition) is 7. The summed E-state index contributed by atoms with van der Waals surface area (Å²) in [6.45, 7) is 7.58. The van der Waals surface area contributed by atoms with Crippen molar-refractivity contribution in [2.75, 3.05) is 24.5 Å². The van der Waals surface area contributed by atoms with Crippen molar-refractivity contribution in [3.8, 4) is 0 Å². The van der Waals surface area contributed by atoms with Crippen LogP contribution in [0.2, 0.25) is 0 Å². The fourth-order valence-electron chi connectivity index (χ4n) is 5.33. The molecule has 2 saturated heterocycles. The van der Waals surface area contributed by atoms with Crippen LogP contribution in [0.4, 0.5) is 18.9 Å². The third-order valence-electron chi connectivity index (χ3n) is 7.43. The summed E-state index contributed by atoms with van der Waals surface area (Å²) >= 11 is 0. The molecule has 5 rings (SSSR count). The van der Waals surface area contributed by atoms with Gasteiger partial charge in [-0.3, -0.25) is 4.79 Å². The molecule has 2 aliphatic heterocycles. The monoisotopic (exact) mass is 562 g/mol. The molecule has 1 amide bonds. The van der Waals surface area contributed by atoms with Crippen molar-refractivity contribution in [1.29, 1.82) is 0 Å². The Hall–Kier alpha value is -3.90. The Balaban J connectivity index is 0.000000470. The Morgan fingerprint density at radius 3 is 2.33 bits per heavy atom. The van der Waals surface area contributed by atoms with Crippen LogP contribution in [-0.4, -0.2) is 73.2 Å². The van der Waals surface area contributed by atoms with Crippen molar-refractivity contribution in [3.05, 3.63) is 60.0 Å². The molecule has 3 aromatic rings. The first-order chi connectivity index (χ1) is 19.0. The second-order valence-electron chi connectivity index (χ2n) is 10.5. The third-order valence-corrected chi connectivity index (χ3v) is 7.43. The van der Waals surface area contributed by atoms with Gasteiger partial charge in [0.2, 0.25) is 0 Å². The average Bonchev–Trinajstić information content (AvgIpc) is 3.65. The number of carboxylic acid groups (broad SMARTS) is 1. The topological polar surface area (TPSA) is 118 Å². The van der Waals surface area contributed by atoms with Gasteiger partial charge in [-0.1, -0.05) is 31.1 Å². The molecule has 1 unspecified atom stereocenters. The lowest BCUT2D eigenvalue weighted by Gasteiger charge is -2.37. The number of anilines is 1. The van der Waals surface area contributed by atoms with Crippen molar-refractivity contribution in [2.24, 2.45) is 0 Å². The summed E-state index contributed by atoms with van der Waals surface area (Å²) < 4.78 is 39.0. The zero-order valence-electron chi connectivity index (χ0n) is 22.5. The maximum absolute atomic E-state index is 13.4. The number of aromatic nitrogens is 4. The second-order valence-corrected chi connectivity index (χ2v) is 10.5. The predicted octanol–water partition coefficient (Wildman–Crippen LogP) is 4.74. The number of carboxylic acids is 1. The lowest BCUT2D eigenvalue weighted by atomic mass is 9.87. The molecule has 0 radical (unpaired) electrons. The summed E-state index contributed by atoms with van der Waals surface area (Å²) in [4.78, 5) is 30.8. The van der Waals surface area contributed by atoms with Gasteiger partial charge in [-0.25, -0.2) is 14.5 Å². The standard InChI is InChI=1S/C25H32N6O2.C2HF3O2/c1-19(2)23-15-22(28-33-23)24(32)31-13-4-10-25(31)9-3-12-29(14-11-25)21-7-5-20(6-8-21)16-30-18-26-17-27-30;3-2(4,5)1(6)7/h5-8,15,17-19H,3-4,9-14,16H2,1-2H3;(H,6,7). The van der Waals surface area contributed by atoms with E-state index in [2.05, 4.69) is 49.3 Å². The van der Waals surface area contributed by atoms with Gasteiger partial charge in [-0.2, -0.15) is 18.3 Å². The SMILES string of the molecule is CC(C)c1cc(C(=O)N2CCCC23CCCN(c2ccc(Cn4cncn4)cc2)CC3)no1.O=C(O)C(F)(F)F. The van der Waals surface area contributed by atoms with Crippen LogP contribution >= 0.6 is 0 Å². The molecule has 0 saturated carbocycles. The normalized spacial score (nSPS) is 19.4. The average molecular weight is 563 g/mol. The number of amides is 1. The van der Waals surface area contributed by atoms with E-state index in [1.54, 1.807) is 12.7 Å². The Bertz CT molecular complexity index is 1280. The fraction of sp³-hybridized carbons (Fsp3) is 0.519. The smallest absolute Gasteiger partial charge is 0.475 e. The first kappa shape index (κ1) is 29.1. The molecule has 2 fully saturated rings. The van der Waals surface area contributed by atoms with E-state index in [0.29, 0.717) is 5.69 Å². The maximum Gasteiger partial charge on any atom is 0.490 e. The number of nitrogens with zero attached hydrogens (tertiary/aromatic N) is 6. The summed E-state index contributed by atoms with van der Waals surface area (Å²) in [7, 11) is 0. The van der Waals surface area contributed by atoms with Crippen molar-refractivity contribution in [2.45, 2.75) is 70.1 Å². The van der Waals surface area contributed by atoms with Crippen LogP contribution in [0.5, 0.6) is 0 Å². The van der Waals surface area contributed by atoms with E-state index in [0.717, 1.165) is 64.0 Å². The van der Waals surface area contributed by atoms with E-state index in [9.17, 15) is 18.0 Å². The van der Waals surface area contributed by atoms with Gasteiger partial charge < -0.3 is 19.4 Å². The van der Waals surface area contributed by atoms with Crippen LogP contribution in [0.25, 0.3) is 0 Å². The lowest BCUT2D eigenvalue weighted by molar-refractivity contribution is -0.192. The van der Waals surface area contributed by atoms with E-state index in [4.69, 9.17) is 14.4 Å².